The van der Waals surface area contributed by atoms with Crippen LogP contribution in [0.15, 0.2) is 36.4 Å². The molecule has 1 aliphatic heterocycles. The van der Waals surface area contributed by atoms with E-state index in [0.717, 1.165) is 18.8 Å². The quantitative estimate of drug-likeness (QED) is 0.890. The van der Waals surface area contributed by atoms with Crippen LogP contribution in [0, 0.1) is 12.8 Å². The number of benzene rings is 1. The van der Waals surface area contributed by atoms with Gasteiger partial charge in [0.25, 0.3) is 5.88 Å². The summed E-state index contributed by atoms with van der Waals surface area (Å²) in [6, 6.07) is 11.1. The van der Waals surface area contributed by atoms with Crippen molar-refractivity contribution in [2.45, 2.75) is 19.8 Å². The summed E-state index contributed by atoms with van der Waals surface area (Å²) in [6.45, 7) is 4.71. The van der Waals surface area contributed by atoms with Gasteiger partial charge in [0, 0.05) is 23.2 Å². The van der Waals surface area contributed by atoms with Crippen molar-refractivity contribution in [1.82, 2.24) is 10.3 Å². The molecule has 0 aliphatic carbocycles. The summed E-state index contributed by atoms with van der Waals surface area (Å²) in [6.07, 6.45) is 2.39. The molecule has 2 heterocycles. The van der Waals surface area contributed by atoms with Gasteiger partial charge in [-0.2, -0.15) is 0 Å². The molecule has 0 spiro atoms. The lowest BCUT2D eigenvalue weighted by molar-refractivity contribution is 0.211. The Bertz CT molecular complexity index is 657. The van der Waals surface area contributed by atoms with E-state index in [4.69, 9.17) is 21.1 Å². The van der Waals surface area contributed by atoms with Crippen molar-refractivity contribution in [3.8, 4) is 17.4 Å². The zero-order valence-electron chi connectivity index (χ0n) is 13.2. The summed E-state index contributed by atoms with van der Waals surface area (Å²) in [5, 5.41) is 4.03. The predicted octanol–water partition coefficient (Wildman–Crippen LogP) is 4.21. The minimum atomic E-state index is 0.482. The van der Waals surface area contributed by atoms with Gasteiger partial charge in [0.15, 0.2) is 5.75 Å². The van der Waals surface area contributed by atoms with Crippen molar-refractivity contribution in [2.24, 2.45) is 5.92 Å². The third-order valence-electron chi connectivity index (χ3n) is 3.85. The van der Waals surface area contributed by atoms with Gasteiger partial charge in [-0.15, -0.1) is 0 Å². The van der Waals surface area contributed by atoms with Crippen molar-refractivity contribution >= 4 is 11.6 Å². The molecule has 1 aromatic heterocycles. The number of piperidine rings is 1. The number of hydrogen-bond acceptors (Lipinski definition) is 4. The zero-order chi connectivity index (χ0) is 16.1. The van der Waals surface area contributed by atoms with Crippen LogP contribution in [0.1, 0.15) is 18.5 Å². The lowest BCUT2D eigenvalue weighted by Gasteiger charge is -2.23. The molecule has 0 radical (unpaired) electrons. The largest absolute Gasteiger partial charge is 0.488 e. The number of ether oxygens (including phenoxy) is 2. The SMILES string of the molecule is Cc1ccc(OC[C@H]2CCCNC2)c(Oc2cccc(Cl)c2)n1. The fraction of sp³-hybridized carbons (Fsp3) is 0.389. The predicted molar refractivity (Wildman–Crippen MR) is 91.6 cm³/mol. The molecule has 0 unspecified atom stereocenters. The number of pyridine rings is 1. The van der Waals surface area contributed by atoms with Crippen molar-refractivity contribution in [3.63, 3.8) is 0 Å². The molecule has 1 atom stereocenters. The number of halogens is 1. The highest BCUT2D eigenvalue weighted by Crippen LogP contribution is 2.31. The van der Waals surface area contributed by atoms with Crippen molar-refractivity contribution in [2.75, 3.05) is 19.7 Å². The van der Waals surface area contributed by atoms with Gasteiger partial charge < -0.3 is 14.8 Å². The molecule has 1 saturated heterocycles. The highest BCUT2D eigenvalue weighted by molar-refractivity contribution is 6.30. The Morgan fingerprint density at radius 2 is 2.22 bits per heavy atom. The molecule has 0 bridgehead atoms. The summed E-state index contributed by atoms with van der Waals surface area (Å²) < 4.78 is 11.8. The smallest absolute Gasteiger partial charge is 0.262 e. The van der Waals surface area contributed by atoms with E-state index in [2.05, 4.69) is 10.3 Å². The van der Waals surface area contributed by atoms with E-state index >= 15 is 0 Å². The highest BCUT2D eigenvalue weighted by atomic mass is 35.5. The van der Waals surface area contributed by atoms with Crippen LogP contribution >= 0.6 is 11.6 Å². The molecule has 122 valence electrons. The molecule has 1 aromatic carbocycles. The Labute approximate surface area is 141 Å². The molecule has 5 heteroatoms. The van der Waals surface area contributed by atoms with Crippen LogP contribution in [0.5, 0.6) is 17.4 Å². The zero-order valence-corrected chi connectivity index (χ0v) is 14.0. The number of aryl methyl sites for hydroxylation is 1. The van der Waals surface area contributed by atoms with E-state index in [9.17, 15) is 0 Å². The Kier molecular flexibility index (Phi) is 5.36. The van der Waals surface area contributed by atoms with E-state index in [1.165, 1.54) is 12.8 Å². The van der Waals surface area contributed by atoms with E-state index in [1.807, 2.05) is 37.3 Å². The maximum atomic E-state index is 6.01. The minimum Gasteiger partial charge on any atom is -0.488 e. The van der Waals surface area contributed by atoms with Gasteiger partial charge in [-0.1, -0.05) is 17.7 Å². The molecule has 0 saturated carbocycles. The van der Waals surface area contributed by atoms with Crippen LogP contribution in [0.4, 0.5) is 0 Å². The molecule has 4 nitrogen and oxygen atoms in total. The molecule has 1 N–H and O–H groups in total. The first-order chi connectivity index (χ1) is 11.2. The van der Waals surface area contributed by atoms with Gasteiger partial charge in [-0.25, -0.2) is 4.98 Å². The molecule has 0 amide bonds. The van der Waals surface area contributed by atoms with Crippen LogP contribution in [0.3, 0.4) is 0 Å². The van der Waals surface area contributed by atoms with E-state index in [1.54, 1.807) is 6.07 Å². The molecule has 1 fully saturated rings. The van der Waals surface area contributed by atoms with Crippen LogP contribution in [0.2, 0.25) is 5.02 Å². The maximum Gasteiger partial charge on any atom is 0.262 e. The van der Waals surface area contributed by atoms with Crippen LogP contribution in [0.25, 0.3) is 0 Å². The summed E-state index contributed by atoms with van der Waals surface area (Å²) in [5.74, 6) is 2.33. The number of rotatable bonds is 5. The molecule has 1 aliphatic rings. The number of aromatic nitrogens is 1. The molecular weight excluding hydrogens is 312 g/mol. The van der Waals surface area contributed by atoms with E-state index in [-0.39, 0.29) is 0 Å². The molecule has 23 heavy (non-hydrogen) atoms. The van der Waals surface area contributed by atoms with Gasteiger partial charge in [0.05, 0.1) is 6.61 Å². The monoisotopic (exact) mass is 332 g/mol. The minimum absolute atomic E-state index is 0.482. The fourth-order valence-electron chi connectivity index (χ4n) is 2.62. The first-order valence-electron chi connectivity index (χ1n) is 7.95. The van der Waals surface area contributed by atoms with Gasteiger partial charge in [0.2, 0.25) is 0 Å². The van der Waals surface area contributed by atoms with Gasteiger partial charge >= 0.3 is 0 Å². The molecule has 2 aromatic rings. The Morgan fingerprint density at radius 3 is 3.00 bits per heavy atom. The first kappa shape index (κ1) is 16.1. The van der Waals surface area contributed by atoms with Crippen LogP contribution in [-0.2, 0) is 0 Å². The lowest BCUT2D eigenvalue weighted by Crippen LogP contribution is -2.33. The summed E-state index contributed by atoms with van der Waals surface area (Å²) in [7, 11) is 0. The number of nitrogens with one attached hydrogen (secondary N) is 1. The molecular formula is C18H21ClN2O2. The summed E-state index contributed by atoms with van der Waals surface area (Å²) >= 11 is 6.01. The van der Waals surface area contributed by atoms with Crippen LogP contribution in [-0.4, -0.2) is 24.7 Å². The van der Waals surface area contributed by atoms with E-state index < -0.39 is 0 Å². The van der Waals surface area contributed by atoms with Gasteiger partial charge in [0.1, 0.15) is 5.75 Å². The average Bonchev–Trinajstić information content (AvgIpc) is 2.55. The third-order valence-corrected chi connectivity index (χ3v) is 4.08. The van der Waals surface area contributed by atoms with Gasteiger partial charge in [-0.3, -0.25) is 0 Å². The van der Waals surface area contributed by atoms with Crippen molar-refractivity contribution in [3.05, 3.63) is 47.1 Å². The standard InChI is InChI=1S/C18H21ClN2O2/c1-13-7-8-17(22-12-14-4-3-9-20-11-14)18(21-13)23-16-6-2-5-15(19)10-16/h2,5-8,10,14,20H,3-4,9,11-12H2,1H3/t14-/m0/s1. The Morgan fingerprint density at radius 1 is 1.30 bits per heavy atom. The second-order valence-corrected chi connectivity index (χ2v) is 6.28. The maximum absolute atomic E-state index is 6.01. The number of hydrogen-bond donors (Lipinski definition) is 1. The summed E-state index contributed by atoms with van der Waals surface area (Å²) in [5.41, 5.74) is 0.883. The normalized spacial score (nSPS) is 17.7. The van der Waals surface area contributed by atoms with Crippen LogP contribution < -0.4 is 14.8 Å². The third kappa shape index (κ3) is 4.60. The molecule has 3 rings (SSSR count). The topological polar surface area (TPSA) is 43.4 Å². The number of nitrogens with zero attached hydrogens (tertiary/aromatic N) is 1. The Balaban J connectivity index is 1.72. The second-order valence-electron chi connectivity index (χ2n) is 5.84. The first-order valence-corrected chi connectivity index (χ1v) is 8.33. The lowest BCUT2D eigenvalue weighted by atomic mass is 10.0. The van der Waals surface area contributed by atoms with Gasteiger partial charge in [-0.05, 0) is 56.6 Å². The fourth-order valence-corrected chi connectivity index (χ4v) is 2.80. The summed E-state index contributed by atoms with van der Waals surface area (Å²) in [4.78, 5) is 4.46. The van der Waals surface area contributed by atoms with E-state index in [0.29, 0.717) is 34.9 Å². The van der Waals surface area contributed by atoms with Crippen molar-refractivity contribution in [1.29, 1.82) is 0 Å². The average molecular weight is 333 g/mol. The Hall–Kier alpha value is -1.78. The second kappa shape index (κ2) is 7.66. The van der Waals surface area contributed by atoms with Crippen molar-refractivity contribution < 1.29 is 9.47 Å². The highest BCUT2D eigenvalue weighted by Gasteiger charge is 2.16.